The number of nitrogens with zero attached hydrogens (tertiary/aromatic N) is 5. The number of amides is 1. The number of benzene rings is 1. The number of aromatic nitrogens is 4. The van der Waals surface area contributed by atoms with E-state index in [1.165, 1.54) is 6.07 Å². The third-order valence-corrected chi connectivity index (χ3v) is 6.75. The van der Waals surface area contributed by atoms with E-state index in [1.807, 2.05) is 16.9 Å². The second-order valence-corrected chi connectivity index (χ2v) is 9.28. The zero-order valence-electron chi connectivity index (χ0n) is 18.6. The number of unbranched alkanes of at least 4 members (excludes halogenated alkanes) is 3. The molecule has 1 aromatic carbocycles. The average Bonchev–Trinajstić information content (AvgIpc) is 3.26. The monoisotopic (exact) mass is 493 g/mol. The smallest absolute Gasteiger partial charge is 0.370 e. The number of halogens is 3. The molecule has 0 spiro atoms. The lowest BCUT2D eigenvalue weighted by atomic mass is 10.1. The molecule has 2 aromatic heterocycles. The van der Waals surface area contributed by atoms with Crippen molar-refractivity contribution in [2.45, 2.75) is 49.8 Å². The van der Waals surface area contributed by atoms with Crippen LogP contribution in [0.5, 0.6) is 0 Å². The zero-order valence-corrected chi connectivity index (χ0v) is 19.4. The van der Waals surface area contributed by atoms with Crippen LogP contribution in [0.1, 0.15) is 36.9 Å². The molecule has 7 nitrogen and oxygen atoms in total. The van der Waals surface area contributed by atoms with Crippen LogP contribution in [0.15, 0.2) is 41.6 Å². The second kappa shape index (κ2) is 11.2. The maximum absolute atomic E-state index is 12.9. The first kappa shape index (κ1) is 24.5. The summed E-state index contributed by atoms with van der Waals surface area (Å²) in [6.07, 6.45) is 3.17. The topological polar surface area (TPSA) is 73.1 Å². The van der Waals surface area contributed by atoms with Gasteiger partial charge in [-0.1, -0.05) is 24.1 Å². The minimum atomic E-state index is -4.37. The van der Waals surface area contributed by atoms with E-state index in [0.717, 1.165) is 66.1 Å². The highest BCUT2D eigenvalue weighted by atomic mass is 32.2. The summed E-state index contributed by atoms with van der Waals surface area (Å²) in [7, 11) is 0. The number of pyridine rings is 1. The number of hydrogen-bond donors (Lipinski definition) is 0. The molecule has 1 amide bonds. The number of fused-ring (bicyclic) bond motifs is 1. The van der Waals surface area contributed by atoms with Crippen LogP contribution in [0, 0.1) is 0 Å². The Bertz CT molecular complexity index is 1120. The standard InChI is InChI=1S/C23H26F3N5O2S/c24-23(25,26)17-5-6-19-20(13-17)27-8-7-21(19)34-12-4-2-1-3-9-31-15-18(28-29-31)14-30-10-11-33-16-22(30)32/h5-8,13,15H,1-4,9-12,14,16H2. The van der Waals surface area contributed by atoms with E-state index in [2.05, 4.69) is 15.3 Å². The molecule has 0 bridgehead atoms. The Hall–Kier alpha value is -2.66. The maximum atomic E-state index is 12.9. The van der Waals surface area contributed by atoms with E-state index in [0.29, 0.717) is 25.2 Å². The lowest BCUT2D eigenvalue weighted by molar-refractivity contribution is -0.143. The van der Waals surface area contributed by atoms with Gasteiger partial charge in [0.15, 0.2) is 0 Å². The van der Waals surface area contributed by atoms with E-state index in [4.69, 9.17) is 4.74 Å². The zero-order chi connectivity index (χ0) is 24.0. The van der Waals surface area contributed by atoms with Gasteiger partial charge in [-0.15, -0.1) is 16.9 Å². The Kier molecular flexibility index (Phi) is 8.04. The van der Waals surface area contributed by atoms with E-state index in [1.54, 1.807) is 22.9 Å². The Morgan fingerprint density at radius 2 is 1.97 bits per heavy atom. The SMILES string of the molecule is O=C1COCCN1Cc1cn(CCCCCCSc2ccnc3cc(C(F)(F)F)ccc23)nn1. The van der Waals surface area contributed by atoms with Crippen molar-refractivity contribution in [2.75, 3.05) is 25.5 Å². The molecule has 1 aliphatic rings. The highest BCUT2D eigenvalue weighted by Crippen LogP contribution is 2.34. The van der Waals surface area contributed by atoms with E-state index in [-0.39, 0.29) is 12.5 Å². The van der Waals surface area contributed by atoms with Crippen LogP contribution in [0.3, 0.4) is 0 Å². The number of alkyl halides is 3. The van der Waals surface area contributed by atoms with Gasteiger partial charge in [-0.3, -0.25) is 14.5 Å². The third kappa shape index (κ3) is 6.47. The fourth-order valence-electron chi connectivity index (χ4n) is 3.77. The van der Waals surface area contributed by atoms with Crippen LogP contribution < -0.4 is 0 Å². The van der Waals surface area contributed by atoms with Gasteiger partial charge in [-0.05, 0) is 36.8 Å². The largest absolute Gasteiger partial charge is 0.416 e. The molecule has 3 aromatic rings. The predicted molar refractivity (Wildman–Crippen MR) is 122 cm³/mol. The van der Waals surface area contributed by atoms with Gasteiger partial charge in [0.2, 0.25) is 5.91 Å². The van der Waals surface area contributed by atoms with Crippen LogP contribution in [-0.2, 0) is 28.8 Å². The molecule has 0 saturated carbocycles. The number of carbonyl (C=O) groups is 1. The predicted octanol–water partition coefficient (Wildman–Crippen LogP) is 4.56. The van der Waals surface area contributed by atoms with Crippen molar-refractivity contribution in [3.63, 3.8) is 0 Å². The highest BCUT2D eigenvalue weighted by molar-refractivity contribution is 7.99. The summed E-state index contributed by atoms with van der Waals surface area (Å²) >= 11 is 1.65. The third-order valence-electron chi connectivity index (χ3n) is 5.59. The molecule has 1 aliphatic heterocycles. The number of ether oxygens (including phenoxy) is 1. The molecule has 0 unspecified atom stereocenters. The molecule has 1 saturated heterocycles. The summed E-state index contributed by atoms with van der Waals surface area (Å²) in [5.74, 6) is 0.866. The first-order valence-electron chi connectivity index (χ1n) is 11.2. The number of morpholine rings is 1. The van der Waals surface area contributed by atoms with Crippen LogP contribution in [-0.4, -0.2) is 56.3 Å². The molecule has 0 radical (unpaired) electrons. The van der Waals surface area contributed by atoms with Crippen molar-refractivity contribution >= 4 is 28.6 Å². The number of rotatable bonds is 10. The molecule has 4 rings (SSSR count). The lowest BCUT2D eigenvalue weighted by Crippen LogP contribution is -2.41. The molecule has 3 heterocycles. The van der Waals surface area contributed by atoms with Gasteiger partial charge in [0.25, 0.3) is 0 Å². The van der Waals surface area contributed by atoms with Crippen molar-refractivity contribution in [1.29, 1.82) is 0 Å². The number of thioether (sulfide) groups is 1. The minimum absolute atomic E-state index is 0.0236. The first-order valence-corrected chi connectivity index (χ1v) is 12.2. The normalized spacial score (nSPS) is 14.8. The van der Waals surface area contributed by atoms with Crippen LogP contribution in [0.25, 0.3) is 10.9 Å². The van der Waals surface area contributed by atoms with E-state index < -0.39 is 11.7 Å². The summed E-state index contributed by atoms with van der Waals surface area (Å²) in [4.78, 5) is 18.6. The maximum Gasteiger partial charge on any atom is 0.416 e. The fourth-order valence-corrected chi connectivity index (χ4v) is 4.82. The van der Waals surface area contributed by atoms with E-state index >= 15 is 0 Å². The molecule has 0 atom stereocenters. The van der Waals surface area contributed by atoms with Crippen molar-refractivity contribution in [1.82, 2.24) is 24.9 Å². The summed E-state index contributed by atoms with van der Waals surface area (Å²) in [5.41, 5.74) is 0.465. The Morgan fingerprint density at radius 3 is 2.79 bits per heavy atom. The van der Waals surface area contributed by atoms with Gasteiger partial charge in [-0.2, -0.15) is 13.2 Å². The molecule has 0 aliphatic carbocycles. The van der Waals surface area contributed by atoms with Gasteiger partial charge >= 0.3 is 6.18 Å². The molecular formula is C23H26F3N5O2S. The van der Waals surface area contributed by atoms with Crippen molar-refractivity contribution < 1.29 is 22.7 Å². The minimum Gasteiger partial charge on any atom is -0.370 e. The van der Waals surface area contributed by atoms with Crippen molar-refractivity contribution in [3.05, 3.63) is 47.9 Å². The number of carbonyl (C=O) groups excluding carboxylic acids is 1. The molecular weight excluding hydrogens is 467 g/mol. The van der Waals surface area contributed by atoms with Gasteiger partial charge < -0.3 is 9.64 Å². The fraction of sp³-hybridized carbons (Fsp3) is 0.478. The van der Waals surface area contributed by atoms with Gasteiger partial charge in [0, 0.05) is 29.6 Å². The first-order chi connectivity index (χ1) is 16.4. The Labute approximate surface area is 199 Å². The quantitative estimate of drug-likeness (QED) is 0.305. The van der Waals surface area contributed by atoms with E-state index in [9.17, 15) is 18.0 Å². The summed E-state index contributed by atoms with van der Waals surface area (Å²) in [6, 6.07) is 5.58. The summed E-state index contributed by atoms with van der Waals surface area (Å²) in [6.45, 7) is 2.49. The van der Waals surface area contributed by atoms with Gasteiger partial charge in [0.05, 0.1) is 30.4 Å². The van der Waals surface area contributed by atoms with Crippen LogP contribution in [0.2, 0.25) is 0 Å². The summed E-state index contributed by atoms with van der Waals surface area (Å²) < 4.78 is 45.7. The average molecular weight is 494 g/mol. The van der Waals surface area contributed by atoms with Crippen molar-refractivity contribution in [2.24, 2.45) is 0 Å². The molecule has 34 heavy (non-hydrogen) atoms. The van der Waals surface area contributed by atoms with Crippen molar-refractivity contribution in [3.8, 4) is 0 Å². The number of hydrogen-bond acceptors (Lipinski definition) is 6. The van der Waals surface area contributed by atoms with Crippen LogP contribution >= 0.6 is 11.8 Å². The molecule has 1 fully saturated rings. The van der Waals surface area contributed by atoms with Gasteiger partial charge in [0.1, 0.15) is 12.3 Å². The van der Waals surface area contributed by atoms with Gasteiger partial charge in [-0.25, -0.2) is 0 Å². The Balaban J connectivity index is 1.16. The Morgan fingerprint density at radius 1 is 1.12 bits per heavy atom. The highest BCUT2D eigenvalue weighted by Gasteiger charge is 2.30. The molecule has 0 N–H and O–H groups in total. The van der Waals surface area contributed by atoms with Crippen LogP contribution in [0.4, 0.5) is 13.2 Å². The molecule has 182 valence electrons. The molecule has 11 heteroatoms. The summed E-state index contributed by atoms with van der Waals surface area (Å²) in [5, 5.41) is 9.06. The second-order valence-electron chi connectivity index (χ2n) is 8.14. The number of aryl methyl sites for hydroxylation is 1. The lowest BCUT2D eigenvalue weighted by Gasteiger charge is -2.25.